The second-order valence-corrected chi connectivity index (χ2v) is 6.84. The molecule has 2 fully saturated rings. The summed E-state index contributed by atoms with van der Waals surface area (Å²) in [6.07, 6.45) is 5.56. The summed E-state index contributed by atoms with van der Waals surface area (Å²) < 4.78 is 0. The van der Waals surface area contributed by atoms with Gasteiger partial charge < -0.3 is 10.6 Å². The maximum absolute atomic E-state index is 6.40. The monoisotopic (exact) mass is 323 g/mol. The van der Waals surface area contributed by atoms with Crippen molar-refractivity contribution >= 4 is 34.5 Å². The molecule has 2 N–H and O–H groups in total. The summed E-state index contributed by atoms with van der Waals surface area (Å²) in [5.74, 6) is 0. The number of halogens is 1. The standard InChI is InChI=1S/C16H22ClN3S/c17-14-11-12(16(18)21)5-6-15(14)20-9-7-19(8-10-20)13-3-1-2-4-13/h5-6,11,13H,1-4,7-10H2,(H2,18,21). The second-order valence-electron chi connectivity index (χ2n) is 5.99. The first-order valence-electron chi connectivity index (χ1n) is 7.73. The van der Waals surface area contributed by atoms with Gasteiger partial charge in [0.25, 0.3) is 0 Å². The molecule has 0 unspecified atom stereocenters. The average molecular weight is 324 g/mol. The molecule has 1 heterocycles. The van der Waals surface area contributed by atoms with Crippen LogP contribution in [0.1, 0.15) is 31.2 Å². The Labute approximate surface area is 137 Å². The van der Waals surface area contributed by atoms with Crippen LogP contribution in [0.3, 0.4) is 0 Å². The number of hydrogen-bond donors (Lipinski definition) is 1. The fraction of sp³-hybridized carbons (Fsp3) is 0.562. The van der Waals surface area contributed by atoms with Crippen LogP contribution < -0.4 is 10.6 Å². The van der Waals surface area contributed by atoms with Crippen molar-refractivity contribution in [1.82, 2.24) is 4.90 Å². The molecule has 0 radical (unpaired) electrons. The molecule has 1 saturated carbocycles. The van der Waals surface area contributed by atoms with Crippen molar-refractivity contribution in [3.8, 4) is 0 Å². The summed E-state index contributed by atoms with van der Waals surface area (Å²) in [5.41, 5.74) is 7.59. The van der Waals surface area contributed by atoms with Crippen LogP contribution in [0.15, 0.2) is 18.2 Å². The van der Waals surface area contributed by atoms with Gasteiger partial charge in [-0.2, -0.15) is 0 Å². The summed E-state index contributed by atoms with van der Waals surface area (Å²) in [6, 6.07) is 6.71. The Bertz CT molecular complexity index is 520. The van der Waals surface area contributed by atoms with Crippen molar-refractivity contribution in [1.29, 1.82) is 0 Å². The van der Waals surface area contributed by atoms with E-state index in [1.54, 1.807) is 0 Å². The smallest absolute Gasteiger partial charge is 0.104 e. The molecule has 0 aromatic heterocycles. The minimum absolute atomic E-state index is 0.398. The van der Waals surface area contributed by atoms with E-state index >= 15 is 0 Å². The number of thiocarbonyl (C=S) groups is 1. The van der Waals surface area contributed by atoms with Crippen LogP contribution in [0.2, 0.25) is 5.02 Å². The maximum Gasteiger partial charge on any atom is 0.104 e. The molecule has 2 aliphatic rings. The molecule has 3 nitrogen and oxygen atoms in total. The van der Waals surface area contributed by atoms with E-state index in [0.29, 0.717) is 4.99 Å². The third-order valence-electron chi connectivity index (χ3n) is 4.73. The fourth-order valence-electron chi connectivity index (χ4n) is 3.51. The number of nitrogens with zero attached hydrogens (tertiary/aromatic N) is 2. The topological polar surface area (TPSA) is 32.5 Å². The Morgan fingerprint density at radius 2 is 1.81 bits per heavy atom. The highest BCUT2D eigenvalue weighted by Crippen LogP contribution is 2.30. The lowest BCUT2D eigenvalue weighted by Gasteiger charge is -2.39. The molecule has 0 bridgehead atoms. The zero-order chi connectivity index (χ0) is 14.8. The molecule has 114 valence electrons. The normalized spacial score (nSPS) is 20.9. The van der Waals surface area contributed by atoms with Gasteiger partial charge in [0.05, 0.1) is 10.7 Å². The van der Waals surface area contributed by atoms with Gasteiger partial charge in [-0.25, -0.2) is 0 Å². The summed E-state index contributed by atoms with van der Waals surface area (Å²) >= 11 is 11.4. The van der Waals surface area contributed by atoms with E-state index < -0.39 is 0 Å². The second kappa shape index (κ2) is 6.51. The summed E-state index contributed by atoms with van der Waals surface area (Å²) in [7, 11) is 0. The van der Waals surface area contributed by atoms with E-state index in [9.17, 15) is 0 Å². The number of benzene rings is 1. The van der Waals surface area contributed by atoms with E-state index in [4.69, 9.17) is 29.6 Å². The van der Waals surface area contributed by atoms with Crippen molar-refractivity contribution < 1.29 is 0 Å². The quantitative estimate of drug-likeness (QED) is 0.867. The minimum Gasteiger partial charge on any atom is -0.389 e. The van der Waals surface area contributed by atoms with Crippen LogP contribution in [-0.2, 0) is 0 Å². The molecule has 1 saturated heterocycles. The van der Waals surface area contributed by atoms with Gasteiger partial charge in [0.15, 0.2) is 0 Å². The van der Waals surface area contributed by atoms with Gasteiger partial charge in [-0.3, -0.25) is 4.90 Å². The number of piperazine rings is 1. The SMILES string of the molecule is NC(=S)c1ccc(N2CCN(C3CCCC3)CC2)c(Cl)c1. The summed E-state index contributed by atoms with van der Waals surface area (Å²) in [5, 5.41) is 0.745. The van der Waals surface area contributed by atoms with Crippen molar-refractivity contribution in [2.75, 3.05) is 31.1 Å². The molecule has 0 amide bonds. The molecule has 1 aliphatic carbocycles. The van der Waals surface area contributed by atoms with Crippen LogP contribution >= 0.6 is 23.8 Å². The van der Waals surface area contributed by atoms with Crippen LogP contribution in [0.4, 0.5) is 5.69 Å². The molecule has 3 rings (SSSR count). The van der Waals surface area contributed by atoms with Gasteiger partial charge in [-0.05, 0) is 31.0 Å². The molecule has 1 aliphatic heterocycles. The fourth-order valence-corrected chi connectivity index (χ4v) is 3.94. The van der Waals surface area contributed by atoms with Crippen molar-refractivity contribution in [3.05, 3.63) is 28.8 Å². The predicted molar refractivity (Wildman–Crippen MR) is 93.4 cm³/mol. The molecular formula is C16H22ClN3S. The lowest BCUT2D eigenvalue weighted by molar-refractivity contribution is 0.187. The highest BCUT2D eigenvalue weighted by molar-refractivity contribution is 7.80. The average Bonchev–Trinajstić information content (AvgIpc) is 3.01. The van der Waals surface area contributed by atoms with Gasteiger partial charge in [0, 0.05) is 37.8 Å². The summed E-state index contributed by atoms with van der Waals surface area (Å²) in [6.45, 7) is 4.36. The van der Waals surface area contributed by atoms with E-state index in [2.05, 4.69) is 9.80 Å². The number of nitrogens with two attached hydrogens (primary N) is 1. The first-order valence-corrected chi connectivity index (χ1v) is 8.52. The Morgan fingerprint density at radius 3 is 2.38 bits per heavy atom. The third kappa shape index (κ3) is 3.33. The molecule has 1 aromatic carbocycles. The highest BCUT2D eigenvalue weighted by Gasteiger charge is 2.26. The Morgan fingerprint density at radius 1 is 1.14 bits per heavy atom. The van der Waals surface area contributed by atoms with Crippen LogP contribution in [0.25, 0.3) is 0 Å². The number of rotatable bonds is 3. The van der Waals surface area contributed by atoms with Gasteiger partial charge in [0.2, 0.25) is 0 Å². The van der Waals surface area contributed by atoms with E-state index in [0.717, 1.165) is 48.5 Å². The van der Waals surface area contributed by atoms with Crippen LogP contribution in [-0.4, -0.2) is 42.1 Å². The first kappa shape index (κ1) is 15.1. The third-order valence-corrected chi connectivity index (χ3v) is 5.27. The zero-order valence-electron chi connectivity index (χ0n) is 12.2. The van der Waals surface area contributed by atoms with Crippen LogP contribution in [0.5, 0.6) is 0 Å². The van der Waals surface area contributed by atoms with Gasteiger partial charge in [-0.15, -0.1) is 0 Å². The van der Waals surface area contributed by atoms with Crippen molar-refractivity contribution in [2.45, 2.75) is 31.7 Å². The highest BCUT2D eigenvalue weighted by atomic mass is 35.5. The first-order chi connectivity index (χ1) is 10.1. The molecule has 21 heavy (non-hydrogen) atoms. The maximum atomic E-state index is 6.40. The molecule has 5 heteroatoms. The Balaban J connectivity index is 1.65. The molecule has 1 aromatic rings. The number of anilines is 1. The molecular weight excluding hydrogens is 302 g/mol. The molecule has 0 atom stereocenters. The van der Waals surface area contributed by atoms with Gasteiger partial charge in [0.1, 0.15) is 4.99 Å². The Kier molecular flexibility index (Phi) is 4.67. The van der Waals surface area contributed by atoms with Gasteiger partial charge in [-0.1, -0.05) is 36.7 Å². The predicted octanol–water partition coefficient (Wildman–Crippen LogP) is 3.04. The van der Waals surface area contributed by atoms with E-state index in [1.807, 2.05) is 18.2 Å². The lowest BCUT2D eigenvalue weighted by atomic mass is 10.1. The Hall–Kier alpha value is -0.840. The largest absolute Gasteiger partial charge is 0.389 e. The number of hydrogen-bond acceptors (Lipinski definition) is 3. The molecule has 0 spiro atoms. The van der Waals surface area contributed by atoms with Crippen molar-refractivity contribution in [3.63, 3.8) is 0 Å². The van der Waals surface area contributed by atoms with Crippen LogP contribution in [0, 0.1) is 0 Å². The lowest BCUT2D eigenvalue weighted by Crippen LogP contribution is -2.49. The zero-order valence-corrected chi connectivity index (χ0v) is 13.8. The summed E-state index contributed by atoms with van der Waals surface area (Å²) in [4.78, 5) is 5.42. The van der Waals surface area contributed by atoms with Gasteiger partial charge >= 0.3 is 0 Å². The van der Waals surface area contributed by atoms with Crippen molar-refractivity contribution in [2.24, 2.45) is 5.73 Å². The van der Waals surface area contributed by atoms with E-state index in [1.165, 1.54) is 25.7 Å². The van der Waals surface area contributed by atoms with E-state index in [-0.39, 0.29) is 0 Å². The minimum atomic E-state index is 0.398.